The number of aromatic nitrogens is 2. The number of rotatable bonds is 3. The van der Waals surface area contributed by atoms with E-state index in [0.717, 1.165) is 31.5 Å². The quantitative estimate of drug-likeness (QED) is 0.937. The summed E-state index contributed by atoms with van der Waals surface area (Å²) in [5.41, 5.74) is 0.559. The predicted molar refractivity (Wildman–Crippen MR) is 81.3 cm³/mol. The number of carboxylic acids is 1. The first-order chi connectivity index (χ1) is 10.6. The van der Waals surface area contributed by atoms with Gasteiger partial charge in [0.05, 0.1) is 10.9 Å². The van der Waals surface area contributed by atoms with Crippen molar-refractivity contribution in [2.45, 2.75) is 45.3 Å². The summed E-state index contributed by atoms with van der Waals surface area (Å²) in [6, 6.07) is 4.95. The molecule has 6 nitrogen and oxygen atoms in total. The molecular formula is C16H18N2O4. The van der Waals surface area contributed by atoms with E-state index in [9.17, 15) is 9.59 Å². The minimum atomic E-state index is -1.04. The van der Waals surface area contributed by atoms with Gasteiger partial charge in [0, 0.05) is 13.0 Å². The maximum atomic E-state index is 12.6. The molecule has 22 heavy (non-hydrogen) atoms. The summed E-state index contributed by atoms with van der Waals surface area (Å²) in [6.45, 7) is 2.14. The third kappa shape index (κ3) is 2.68. The normalized spacial score (nSPS) is 15.9. The molecule has 0 saturated carbocycles. The fraction of sp³-hybridized carbons (Fsp3) is 0.438. The highest BCUT2D eigenvalue weighted by atomic mass is 16.5. The second kappa shape index (κ2) is 5.79. The Kier molecular flexibility index (Phi) is 3.83. The smallest absolute Gasteiger partial charge is 0.344 e. The molecule has 1 N–H and O–H groups in total. The summed E-state index contributed by atoms with van der Waals surface area (Å²) in [5.74, 6) is 0.162. The topological polar surface area (TPSA) is 81.4 Å². The molecule has 116 valence electrons. The van der Waals surface area contributed by atoms with E-state index in [1.54, 1.807) is 22.8 Å². The van der Waals surface area contributed by atoms with E-state index in [-0.39, 0.29) is 5.56 Å². The molecule has 3 rings (SSSR count). The van der Waals surface area contributed by atoms with Crippen molar-refractivity contribution in [3.63, 3.8) is 0 Å². The van der Waals surface area contributed by atoms with Gasteiger partial charge in [0.25, 0.3) is 5.56 Å². The first-order valence-corrected chi connectivity index (χ1v) is 7.49. The van der Waals surface area contributed by atoms with Crippen LogP contribution in [0.15, 0.2) is 23.0 Å². The fourth-order valence-corrected chi connectivity index (χ4v) is 2.73. The Balaban J connectivity index is 2.06. The molecule has 2 aromatic rings. The highest BCUT2D eigenvalue weighted by Crippen LogP contribution is 2.20. The van der Waals surface area contributed by atoms with E-state index in [2.05, 4.69) is 4.98 Å². The summed E-state index contributed by atoms with van der Waals surface area (Å²) in [7, 11) is 0. The van der Waals surface area contributed by atoms with Crippen molar-refractivity contribution >= 4 is 16.9 Å². The Hall–Kier alpha value is -2.37. The number of nitrogens with zero attached hydrogens (tertiary/aromatic N) is 2. The van der Waals surface area contributed by atoms with Crippen molar-refractivity contribution < 1.29 is 14.6 Å². The van der Waals surface area contributed by atoms with Crippen molar-refractivity contribution in [2.24, 2.45) is 0 Å². The van der Waals surface area contributed by atoms with Crippen LogP contribution in [0.25, 0.3) is 10.9 Å². The first kappa shape index (κ1) is 14.6. The molecule has 1 atom stereocenters. The third-order valence-corrected chi connectivity index (χ3v) is 3.95. The lowest BCUT2D eigenvalue weighted by molar-refractivity contribution is -0.144. The van der Waals surface area contributed by atoms with Crippen molar-refractivity contribution in [3.8, 4) is 5.75 Å². The molecule has 1 aromatic heterocycles. The van der Waals surface area contributed by atoms with E-state index in [1.807, 2.05) is 0 Å². The zero-order chi connectivity index (χ0) is 15.7. The fourth-order valence-electron chi connectivity index (χ4n) is 2.73. The van der Waals surface area contributed by atoms with E-state index in [4.69, 9.17) is 9.84 Å². The van der Waals surface area contributed by atoms with Crippen molar-refractivity contribution in [2.75, 3.05) is 0 Å². The minimum absolute atomic E-state index is 0.0738. The Morgan fingerprint density at radius 1 is 1.36 bits per heavy atom. The van der Waals surface area contributed by atoms with E-state index in [0.29, 0.717) is 23.2 Å². The average Bonchev–Trinajstić information content (AvgIpc) is 2.73. The molecule has 0 bridgehead atoms. The minimum Gasteiger partial charge on any atom is -0.479 e. The number of aryl methyl sites for hydroxylation is 1. The summed E-state index contributed by atoms with van der Waals surface area (Å²) < 4.78 is 7.07. The third-order valence-electron chi connectivity index (χ3n) is 3.95. The van der Waals surface area contributed by atoms with Crippen LogP contribution in [-0.4, -0.2) is 26.7 Å². The van der Waals surface area contributed by atoms with Gasteiger partial charge in [-0.05, 0) is 38.0 Å². The molecular weight excluding hydrogens is 284 g/mol. The van der Waals surface area contributed by atoms with Gasteiger partial charge in [-0.25, -0.2) is 9.78 Å². The molecule has 0 fully saturated rings. The molecule has 1 aliphatic heterocycles. The van der Waals surface area contributed by atoms with Gasteiger partial charge in [0.1, 0.15) is 11.6 Å². The van der Waals surface area contributed by atoms with Crippen molar-refractivity contribution in [1.29, 1.82) is 0 Å². The van der Waals surface area contributed by atoms with Crippen LogP contribution >= 0.6 is 0 Å². The lowest BCUT2D eigenvalue weighted by Gasteiger charge is -2.13. The van der Waals surface area contributed by atoms with Gasteiger partial charge in [0.2, 0.25) is 0 Å². The van der Waals surface area contributed by atoms with Gasteiger partial charge < -0.3 is 9.84 Å². The van der Waals surface area contributed by atoms with E-state index in [1.165, 1.54) is 6.92 Å². The lowest BCUT2D eigenvalue weighted by Crippen LogP contribution is -2.25. The summed E-state index contributed by atoms with van der Waals surface area (Å²) in [4.78, 5) is 28.1. The van der Waals surface area contributed by atoms with E-state index >= 15 is 0 Å². The highest BCUT2D eigenvalue weighted by Gasteiger charge is 2.16. The Bertz CT molecular complexity index is 782. The van der Waals surface area contributed by atoms with Gasteiger partial charge in [-0.2, -0.15) is 0 Å². The Labute approximate surface area is 127 Å². The molecule has 2 heterocycles. The van der Waals surface area contributed by atoms with Gasteiger partial charge in [-0.1, -0.05) is 6.42 Å². The van der Waals surface area contributed by atoms with Crippen molar-refractivity contribution in [1.82, 2.24) is 9.55 Å². The number of carbonyl (C=O) groups is 1. The van der Waals surface area contributed by atoms with Crippen LogP contribution in [0.5, 0.6) is 5.75 Å². The monoisotopic (exact) mass is 302 g/mol. The molecule has 0 radical (unpaired) electrons. The van der Waals surface area contributed by atoms with Crippen molar-refractivity contribution in [3.05, 3.63) is 34.4 Å². The predicted octanol–water partition coefficient (Wildman–Crippen LogP) is 1.97. The molecule has 0 saturated heterocycles. The molecule has 1 unspecified atom stereocenters. The number of fused-ring (bicyclic) bond motifs is 2. The van der Waals surface area contributed by atoms with Crippen LogP contribution < -0.4 is 10.3 Å². The zero-order valence-corrected chi connectivity index (χ0v) is 12.4. The zero-order valence-electron chi connectivity index (χ0n) is 12.4. The van der Waals surface area contributed by atoms with Crippen LogP contribution in [-0.2, 0) is 17.8 Å². The van der Waals surface area contributed by atoms with Crippen LogP contribution in [0, 0.1) is 0 Å². The van der Waals surface area contributed by atoms with Gasteiger partial charge in [0.15, 0.2) is 6.10 Å². The second-order valence-electron chi connectivity index (χ2n) is 5.57. The maximum absolute atomic E-state index is 12.6. The van der Waals surface area contributed by atoms with Gasteiger partial charge >= 0.3 is 5.97 Å². The Morgan fingerprint density at radius 2 is 2.18 bits per heavy atom. The van der Waals surface area contributed by atoms with E-state index < -0.39 is 12.1 Å². The standard InChI is InChI=1S/C16H18N2O4/c1-10(16(20)21)22-11-6-7-13-12(9-11)15(19)18-8-4-2-3-5-14(18)17-13/h6-7,9-10H,2-5,8H2,1H3,(H,20,21). The van der Waals surface area contributed by atoms with Crippen LogP contribution in [0.1, 0.15) is 32.0 Å². The highest BCUT2D eigenvalue weighted by molar-refractivity contribution is 5.79. The lowest BCUT2D eigenvalue weighted by atomic mass is 10.2. The second-order valence-corrected chi connectivity index (χ2v) is 5.57. The van der Waals surface area contributed by atoms with Crippen LogP contribution in [0.4, 0.5) is 0 Å². The van der Waals surface area contributed by atoms with Crippen LogP contribution in [0.3, 0.4) is 0 Å². The Morgan fingerprint density at radius 3 is 2.95 bits per heavy atom. The van der Waals surface area contributed by atoms with Gasteiger partial charge in [-0.3, -0.25) is 9.36 Å². The number of benzene rings is 1. The molecule has 1 aromatic carbocycles. The summed E-state index contributed by atoms with van der Waals surface area (Å²) in [5, 5.41) is 9.37. The number of hydrogen-bond donors (Lipinski definition) is 1. The summed E-state index contributed by atoms with van der Waals surface area (Å²) in [6.07, 6.45) is 2.99. The molecule has 0 aliphatic carbocycles. The van der Waals surface area contributed by atoms with Crippen LogP contribution in [0.2, 0.25) is 0 Å². The number of ether oxygens (including phenoxy) is 1. The first-order valence-electron chi connectivity index (χ1n) is 7.49. The average molecular weight is 302 g/mol. The molecule has 0 amide bonds. The number of carboxylic acid groups (broad SMARTS) is 1. The number of hydrogen-bond acceptors (Lipinski definition) is 4. The molecule has 6 heteroatoms. The number of aliphatic carboxylic acids is 1. The summed E-state index contributed by atoms with van der Waals surface area (Å²) >= 11 is 0. The SMILES string of the molecule is CC(Oc1ccc2nc3n(c(=O)c2c1)CCCCC3)C(=O)O. The largest absolute Gasteiger partial charge is 0.479 e. The maximum Gasteiger partial charge on any atom is 0.344 e. The molecule has 0 spiro atoms. The van der Waals surface area contributed by atoms with Gasteiger partial charge in [-0.15, -0.1) is 0 Å². The molecule has 1 aliphatic rings.